The van der Waals surface area contributed by atoms with Gasteiger partial charge < -0.3 is 10.0 Å². The topological polar surface area (TPSA) is 40.5 Å². The molecular formula is C15H23NO2. The first-order valence-electron chi connectivity index (χ1n) is 7.58. The molecule has 0 aromatic heterocycles. The smallest absolute Gasteiger partial charge is 0.223 e. The third kappa shape index (κ3) is 1.70. The van der Waals surface area contributed by atoms with Gasteiger partial charge in [0.15, 0.2) is 0 Å². The molecule has 100 valence electrons. The van der Waals surface area contributed by atoms with Crippen molar-refractivity contribution >= 4 is 5.91 Å². The van der Waals surface area contributed by atoms with E-state index < -0.39 is 0 Å². The molecule has 0 atom stereocenters. The van der Waals surface area contributed by atoms with Crippen molar-refractivity contribution in [3.63, 3.8) is 0 Å². The predicted molar refractivity (Wildman–Crippen MR) is 67.8 cm³/mol. The molecule has 5 aliphatic rings. The zero-order chi connectivity index (χ0) is 12.3. The Balaban J connectivity index is 1.46. The van der Waals surface area contributed by atoms with Gasteiger partial charge >= 0.3 is 0 Å². The maximum atomic E-state index is 12.3. The van der Waals surface area contributed by atoms with E-state index in [0.29, 0.717) is 24.4 Å². The number of hydrogen-bond donors (Lipinski definition) is 1. The molecule has 0 radical (unpaired) electrons. The number of aliphatic hydroxyl groups is 1. The molecule has 1 N–H and O–H groups in total. The molecule has 0 spiro atoms. The van der Waals surface area contributed by atoms with Crippen LogP contribution in [0.15, 0.2) is 0 Å². The van der Waals surface area contributed by atoms with Crippen molar-refractivity contribution in [2.24, 2.45) is 23.2 Å². The van der Waals surface area contributed by atoms with Gasteiger partial charge in [0.25, 0.3) is 0 Å². The van der Waals surface area contributed by atoms with Crippen LogP contribution in [-0.4, -0.2) is 35.1 Å². The van der Waals surface area contributed by atoms with Crippen LogP contribution in [0.2, 0.25) is 0 Å². The Hall–Kier alpha value is -0.570. The maximum Gasteiger partial charge on any atom is 0.223 e. The molecule has 0 aromatic carbocycles. The summed E-state index contributed by atoms with van der Waals surface area (Å²) in [5.74, 6) is 3.07. The largest absolute Gasteiger partial charge is 0.389 e. The van der Waals surface area contributed by atoms with Crippen LogP contribution in [0.5, 0.6) is 0 Å². The second kappa shape index (κ2) is 3.72. The summed E-state index contributed by atoms with van der Waals surface area (Å²) in [5, 5.41) is 9.30. The number of β-amino-alcohol motifs (C(OH)–C–C–N with tert-alkyl or cyclic N) is 1. The van der Waals surface area contributed by atoms with Crippen molar-refractivity contribution in [3.05, 3.63) is 0 Å². The van der Waals surface area contributed by atoms with Gasteiger partial charge in [0.1, 0.15) is 0 Å². The van der Waals surface area contributed by atoms with Crippen LogP contribution in [0.4, 0.5) is 0 Å². The summed E-state index contributed by atoms with van der Waals surface area (Å²) in [6, 6.07) is 0. The Morgan fingerprint density at radius 3 is 2.00 bits per heavy atom. The molecular weight excluding hydrogens is 226 g/mol. The number of amides is 1. The molecule has 18 heavy (non-hydrogen) atoms. The Labute approximate surface area is 109 Å². The van der Waals surface area contributed by atoms with Crippen LogP contribution < -0.4 is 0 Å². The second-order valence-corrected chi connectivity index (χ2v) is 7.55. The number of likely N-dealkylation sites (tertiary alicyclic amines) is 1. The van der Waals surface area contributed by atoms with E-state index in [9.17, 15) is 9.90 Å². The fraction of sp³-hybridized carbons (Fsp3) is 0.933. The van der Waals surface area contributed by atoms with E-state index in [-0.39, 0.29) is 6.10 Å². The Bertz CT molecular complexity index is 337. The van der Waals surface area contributed by atoms with E-state index in [1.165, 1.54) is 38.5 Å². The van der Waals surface area contributed by atoms with Gasteiger partial charge in [-0.25, -0.2) is 0 Å². The normalized spacial score (nSPS) is 46.3. The number of aliphatic hydroxyl groups excluding tert-OH is 1. The lowest BCUT2D eigenvalue weighted by molar-refractivity contribution is -0.149. The number of nitrogens with zero attached hydrogens (tertiary/aromatic N) is 1. The van der Waals surface area contributed by atoms with E-state index in [1.807, 2.05) is 4.90 Å². The molecule has 3 nitrogen and oxygen atoms in total. The molecule has 3 heteroatoms. The summed E-state index contributed by atoms with van der Waals surface area (Å²) in [5.41, 5.74) is 0.354. The number of rotatable bonds is 2. The van der Waals surface area contributed by atoms with Crippen molar-refractivity contribution in [1.29, 1.82) is 0 Å². The zero-order valence-corrected chi connectivity index (χ0v) is 11.0. The highest BCUT2D eigenvalue weighted by molar-refractivity contribution is 5.78. The first-order valence-corrected chi connectivity index (χ1v) is 7.58. The fourth-order valence-corrected chi connectivity index (χ4v) is 5.60. The van der Waals surface area contributed by atoms with E-state index in [1.54, 1.807) is 0 Å². The Morgan fingerprint density at radius 2 is 1.56 bits per heavy atom. The highest BCUT2D eigenvalue weighted by atomic mass is 16.3. The van der Waals surface area contributed by atoms with Crippen LogP contribution >= 0.6 is 0 Å². The molecule has 0 unspecified atom stereocenters. The van der Waals surface area contributed by atoms with Crippen molar-refractivity contribution < 1.29 is 9.90 Å². The average Bonchev–Trinajstić information content (AvgIpc) is 2.21. The summed E-state index contributed by atoms with van der Waals surface area (Å²) in [7, 11) is 0. The minimum atomic E-state index is -0.259. The lowest BCUT2D eigenvalue weighted by Gasteiger charge is -2.57. The van der Waals surface area contributed by atoms with Gasteiger partial charge in [0, 0.05) is 19.5 Å². The van der Waals surface area contributed by atoms with Gasteiger partial charge in [-0.05, 0) is 61.7 Å². The lowest BCUT2D eigenvalue weighted by Crippen LogP contribution is -2.55. The van der Waals surface area contributed by atoms with Crippen molar-refractivity contribution in [3.8, 4) is 0 Å². The maximum absolute atomic E-state index is 12.3. The van der Waals surface area contributed by atoms with E-state index in [4.69, 9.17) is 0 Å². The SMILES string of the molecule is O=C(CC12CC3CC(CC(C3)C1)C2)N1CC(O)C1. The van der Waals surface area contributed by atoms with Crippen LogP contribution in [-0.2, 0) is 4.79 Å². The first kappa shape index (κ1) is 11.3. The molecule has 4 bridgehead atoms. The molecule has 1 heterocycles. The third-order valence-electron chi connectivity index (χ3n) is 5.91. The molecule has 0 aromatic rings. The quantitative estimate of drug-likeness (QED) is 0.810. The predicted octanol–water partition coefficient (Wildman–Crippen LogP) is 1.80. The van der Waals surface area contributed by atoms with Crippen LogP contribution in [0.3, 0.4) is 0 Å². The van der Waals surface area contributed by atoms with E-state index in [2.05, 4.69) is 0 Å². The first-order chi connectivity index (χ1) is 8.62. The van der Waals surface area contributed by atoms with E-state index in [0.717, 1.165) is 24.2 Å². The summed E-state index contributed by atoms with van der Waals surface area (Å²) >= 11 is 0. The zero-order valence-electron chi connectivity index (χ0n) is 11.0. The standard InChI is InChI=1S/C15H23NO2/c17-13-8-16(9-13)14(18)7-15-4-10-1-11(5-15)3-12(2-10)6-15/h10-13,17H,1-9H2. The molecule has 5 fully saturated rings. The van der Waals surface area contributed by atoms with Crippen molar-refractivity contribution in [2.45, 2.75) is 51.0 Å². The van der Waals surface area contributed by atoms with Gasteiger partial charge in [-0.3, -0.25) is 4.79 Å². The third-order valence-corrected chi connectivity index (χ3v) is 5.91. The van der Waals surface area contributed by atoms with Gasteiger partial charge in [-0.1, -0.05) is 0 Å². The molecule has 4 aliphatic carbocycles. The number of hydrogen-bond acceptors (Lipinski definition) is 2. The highest BCUT2D eigenvalue weighted by Crippen LogP contribution is 2.61. The monoisotopic (exact) mass is 249 g/mol. The number of carbonyl (C=O) groups is 1. The summed E-state index contributed by atoms with van der Waals surface area (Å²) < 4.78 is 0. The summed E-state index contributed by atoms with van der Waals surface area (Å²) in [6.45, 7) is 1.15. The van der Waals surface area contributed by atoms with Gasteiger partial charge in [0.2, 0.25) is 5.91 Å². The van der Waals surface area contributed by atoms with Gasteiger partial charge in [-0.2, -0.15) is 0 Å². The summed E-state index contributed by atoms with van der Waals surface area (Å²) in [4.78, 5) is 14.1. The van der Waals surface area contributed by atoms with Crippen LogP contribution in [0, 0.1) is 23.2 Å². The summed E-state index contributed by atoms with van der Waals surface area (Å²) in [6.07, 6.45) is 8.75. The van der Waals surface area contributed by atoms with Crippen LogP contribution in [0.1, 0.15) is 44.9 Å². The molecule has 1 amide bonds. The molecule has 1 saturated heterocycles. The van der Waals surface area contributed by atoms with E-state index >= 15 is 0 Å². The molecule has 1 aliphatic heterocycles. The van der Waals surface area contributed by atoms with Crippen LogP contribution in [0.25, 0.3) is 0 Å². The average molecular weight is 249 g/mol. The van der Waals surface area contributed by atoms with Crippen molar-refractivity contribution in [2.75, 3.05) is 13.1 Å². The fourth-order valence-electron chi connectivity index (χ4n) is 5.60. The van der Waals surface area contributed by atoms with Gasteiger partial charge in [-0.15, -0.1) is 0 Å². The van der Waals surface area contributed by atoms with Crippen molar-refractivity contribution in [1.82, 2.24) is 4.90 Å². The second-order valence-electron chi connectivity index (χ2n) is 7.55. The van der Waals surface area contributed by atoms with Gasteiger partial charge in [0.05, 0.1) is 6.10 Å². The minimum Gasteiger partial charge on any atom is -0.389 e. The minimum absolute atomic E-state index is 0.259. The Kier molecular flexibility index (Phi) is 2.33. The Morgan fingerprint density at radius 1 is 1.06 bits per heavy atom. The highest BCUT2D eigenvalue weighted by Gasteiger charge is 2.52. The lowest BCUT2D eigenvalue weighted by atomic mass is 9.49. The molecule has 5 rings (SSSR count). The number of carbonyl (C=O) groups excluding carboxylic acids is 1. The molecule has 4 saturated carbocycles.